The maximum Gasteiger partial charge on any atom is 0.322 e. The van der Waals surface area contributed by atoms with Crippen LogP contribution in [0.25, 0.3) is 0 Å². The number of aryl methyl sites for hydroxylation is 1. The number of nitrogen functional groups attached to an aromatic ring is 1. The fourth-order valence-corrected chi connectivity index (χ4v) is 1.39. The van der Waals surface area contributed by atoms with Crippen molar-refractivity contribution in [2.24, 2.45) is 0 Å². The van der Waals surface area contributed by atoms with E-state index in [0.29, 0.717) is 22.9 Å². The van der Waals surface area contributed by atoms with Crippen LogP contribution in [-0.2, 0) is 0 Å². The standard InChI is InChI=1S/C11H12N4O3/c1-6-14-15-11(18-6)13-10(16)7-3-4-9(17-2)8(12)5-7/h3-5H,12H2,1-2H3,(H,13,15,16). The number of nitrogens with two attached hydrogens (primary N) is 1. The Balaban J connectivity index is 2.16. The van der Waals surface area contributed by atoms with Crippen LogP contribution in [0.5, 0.6) is 5.75 Å². The molecule has 2 aromatic rings. The second-order valence-electron chi connectivity index (χ2n) is 3.54. The summed E-state index contributed by atoms with van der Waals surface area (Å²) in [6.07, 6.45) is 0. The molecule has 1 aromatic carbocycles. The van der Waals surface area contributed by atoms with Crippen LogP contribution >= 0.6 is 0 Å². The van der Waals surface area contributed by atoms with E-state index in [0.717, 1.165) is 0 Å². The summed E-state index contributed by atoms with van der Waals surface area (Å²) in [5.41, 5.74) is 6.47. The lowest BCUT2D eigenvalue weighted by Gasteiger charge is -2.06. The number of anilines is 2. The number of benzene rings is 1. The van der Waals surface area contributed by atoms with Crippen molar-refractivity contribution in [1.29, 1.82) is 0 Å². The molecule has 0 aliphatic carbocycles. The smallest absolute Gasteiger partial charge is 0.322 e. The zero-order chi connectivity index (χ0) is 13.1. The third-order valence-electron chi connectivity index (χ3n) is 2.24. The van der Waals surface area contributed by atoms with Gasteiger partial charge in [-0.1, -0.05) is 5.10 Å². The van der Waals surface area contributed by atoms with Gasteiger partial charge in [0.1, 0.15) is 5.75 Å². The number of hydrogen-bond donors (Lipinski definition) is 2. The minimum atomic E-state index is -0.381. The lowest BCUT2D eigenvalue weighted by molar-refractivity contribution is 0.102. The number of hydrogen-bond acceptors (Lipinski definition) is 6. The number of amides is 1. The largest absolute Gasteiger partial charge is 0.495 e. The van der Waals surface area contributed by atoms with Gasteiger partial charge in [0.2, 0.25) is 5.89 Å². The molecule has 7 nitrogen and oxygen atoms in total. The Morgan fingerprint density at radius 3 is 2.78 bits per heavy atom. The van der Waals surface area contributed by atoms with E-state index in [9.17, 15) is 4.79 Å². The highest BCUT2D eigenvalue weighted by atomic mass is 16.5. The zero-order valence-corrected chi connectivity index (χ0v) is 9.93. The number of methoxy groups -OCH3 is 1. The minimum absolute atomic E-state index is 0.0480. The first-order chi connectivity index (χ1) is 8.60. The number of nitrogens with one attached hydrogen (secondary N) is 1. The molecule has 0 bridgehead atoms. The van der Waals surface area contributed by atoms with Gasteiger partial charge in [-0.05, 0) is 18.2 Å². The molecule has 0 fully saturated rings. The van der Waals surface area contributed by atoms with Crippen molar-refractivity contribution in [3.05, 3.63) is 29.7 Å². The lowest BCUT2D eigenvalue weighted by Crippen LogP contribution is -2.12. The Hall–Kier alpha value is -2.57. The summed E-state index contributed by atoms with van der Waals surface area (Å²) in [6.45, 7) is 1.63. The summed E-state index contributed by atoms with van der Waals surface area (Å²) in [5.74, 6) is 0.507. The maximum absolute atomic E-state index is 11.8. The topological polar surface area (TPSA) is 103 Å². The second kappa shape index (κ2) is 4.74. The van der Waals surface area contributed by atoms with Crippen LogP contribution in [-0.4, -0.2) is 23.2 Å². The molecule has 0 saturated heterocycles. The summed E-state index contributed by atoms with van der Waals surface area (Å²) >= 11 is 0. The van der Waals surface area contributed by atoms with E-state index < -0.39 is 0 Å². The quantitative estimate of drug-likeness (QED) is 0.791. The predicted molar refractivity (Wildman–Crippen MR) is 64.4 cm³/mol. The molecule has 18 heavy (non-hydrogen) atoms. The van der Waals surface area contributed by atoms with Crippen LogP contribution in [0.3, 0.4) is 0 Å². The molecule has 1 amide bonds. The fraction of sp³-hybridized carbons (Fsp3) is 0.182. The van der Waals surface area contributed by atoms with Gasteiger partial charge in [0.05, 0.1) is 12.8 Å². The molecule has 1 aromatic heterocycles. The molecule has 0 radical (unpaired) electrons. The summed E-state index contributed by atoms with van der Waals surface area (Å²) in [6, 6.07) is 4.76. The third kappa shape index (κ3) is 2.40. The molecular formula is C11H12N4O3. The summed E-state index contributed by atoms with van der Waals surface area (Å²) in [7, 11) is 1.51. The first-order valence-electron chi connectivity index (χ1n) is 5.15. The SMILES string of the molecule is COc1ccc(C(=O)Nc2nnc(C)o2)cc1N. The minimum Gasteiger partial charge on any atom is -0.495 e. The van der Waals surface area contributed by atoms with Crippen molar-refractivity contribution in [1.82, 2.24) is 10.2 Å². The monoisotopic (exact) mass is 248 g/mol. The van der Waals surface area contributed by atoms with Crippen molar-refractivity contribution >= 4 is 17.6 Å². The van der Waals surface area contributed by atoms with Gasteiger partial charge >= 0.3 is 6.01 Å². The van der Waals surface area contributed by atoms with Crippen molar-refractivity contribution in [3.63, 3.8) is 0 Å². The van der Waals surface area contributed by atoms with Crippen molar-refractivity contribution in [2.45, 2.75) is 6.92 Å². The van der Waals surface area contributed by atoms with E-state index in [-0.39, 0.29) is 11.9 Å². The maximum atomic E-state index is 11.8. The summed E-state index contributed by atoms with van der Waals surface area (Å²) < 4.78 is 10.0. The van der Waals surface area contributed by atoms with Gasteiger partial charge in [-0.15, -0.1) is 5.10 Å². The highest BCUT2D eigenvalue weighted by Gasteiger charge is 2.11. The van der Waals surface area contributed by atoms with E-state index in [2.05, 4.69) is 15.5 Å². The molecule has 0 aliphatic heterocycles. The normalized spacial score (nSPS) is 10.1. The average molecular weight is 248 g/mol. The highest BCUT2D eigenvalue weighted by molar-refractivity contribution is 6.03. The van der Waals surface area contributed by atoms with Gasteiger partial charge in [0, 0.05) is 12.5 Å². The van der Waals surface area contributed by atoms with Crippen LogP contribution in [0, 0.1) is 6.92 Å². The first-order valence-corrected chi connectivity index (χ1v) is 5.15. The van der Waals surface area contributed by atoms with Crippen molar-refractivity contribution < 1.29 is 13.9 Å². The van der Waals surface area contributed by atoms with E-state index >= 15 is 0 Å². The van der Waals surface area contributed by atoms with Gasteiger partial charge in [0.25, 0.3) is 5.91 Å². The van der Waals surface area contributed by atoms with Gasteiger partial charge in [-0.25, -0.2) is 0 Å². The molecule has 2 rings (SSSR count). The summed E-state index contributed by atoms with van der Waals surface area (Å²) in [5, 5.41) is 9.73. The molecule has 1 heterocycles. The molecule has 0 unspecified atom stereocenters. The average Bonchev–Trinajstić information content (AvgIpc) is 2.74. The van der Waals surface area contributed by atoms with Crippen molar-refractivity contribution in [2.75, 3.05) is 18.2 Å². The Kier molecular flexibility index (Phi) is 3.13. The van der Waals surface area contributed by atoms with Crippen LogP contribution in [0.2, 0.25) is 0 Å². The van der Waals surface area contributed by atoms with Gasteiger partial charge in [-0.2, -0.15) is 0 Å². The van der Waals surface area contributed by atoms with Crippen LogP contribution < -0.4 is 15.8 Å². The number of ether oxygens (including phenoxy) is 1. The summed E-state index contributed by atoms with van der Waals surface area (Å²) in [4.78, 5) is 11.8. The van der Waals surface area contributed by atoms with E-state index in [1.54, 1.807) is 19.1 Å². The Labute approximate surface area is 103 Å². The number of carbonyl (C=O) groups excluding carboxylic acids is 1. The van der Waals surface area contributed by atoms with E-state index in [1.165, 1.54) is 13.2 Å². The predicted octanol–water partition coefficient (Wildman–Crippen LogP) is 1.22. The molecule has 0 spiro atoms. The highest BCUT2D eigenvalue weighted by Crippen LogP contribution is 2.22. The number of nitrogens with zero attached hydrogens (tertiary/aromatic N) is 2. The number of carbonyl (C=O) groups is 1. The Morgan fingerprint density at radius 2 is 2.22 bits per heavy atom. The van der Waals surface area contributed by atoms with Gasteiger partial charge < -0.3 is 14.9 Å². The molecule has 0 saturated carbocycles. The molecule has 94 valence electrons. The lowest BCUT2D eigenvalue weighted by atomic mass is 10.2. The van der Waals surface area contributed by atoms with E-state index in [1.807, 2.05) is 0 Å². The van der Waals surface area contributed by atoms with Crippen molar-refractivity contribution in [3.8, 4) is 5.75 Å². The number of rotatable bonds is 3. The fourth-order valence-electron chi connectivity index (χ4n) is 1.39. The van der Waals surface area contributed by atoms with Gasteiger partial charge in [0.15, 0.2) is 0 Å². The molecule has 3 N–H and O–H groups in total. The Morgan fingerprint density at radius 1 is 1.44 bits per heavy atom. The zero-order valence-electron chi connectivity index (χ0n) is 9.93. The molecular weight excluding hydrogens is 236 g/mol. The van der Waals surface area contributed by atoms with Crippen LogP contribution in [0.4, 0.5) is 11.7 Å². The third-order valence-corrected chi connectivity index (χ3v) is 2.24. The molecule has 0 aliphatic rings. The first kappa shape index (κ1) is 11.9. The van der Waals surface area contributed by atoms with E-state index in [4.69, 9.17) is 14.9 Å². The van der Waals surface area contributed by atoms with Crippen LogP contribution in [0.1, 0.15) is 16.2 Å². The molecule has 0 atom stereocenters. The van der Waals surface area contributed by atoms with Gasteiger partial charge in [-0.3, -0.25) is 10.1 Å². The molecule has 7 heteroatoms. The second-order valence-corrected chi connectivity index (χ2v) is 3.54. The number of aromatic nitrogens is 2. The Bertz CT molecular complexity index is 579. The van der Waals surface area contributed by atoms with Crippen LogP contribution in [0.15, 0.2) is 22.6 Å².